The standard InChI is InChI=1S/C12H16N4O4/c1-12(4-6-13-7-5-12)14-10-3-2-9(15(17)18)8-11(10)16(19)20/h2-3,8,13-14H,4-7H2,1H3. The summed E-state index contributed by atoms with van der Waals surface area (Å²) in [5.41, 5.74) is -0.465. The maximum absolute atomic E-state index is 11.1. The van der Waals surface area contributed by atoms with Crippen LogP contribution in [0.3, 0.4) is 0 Å². The van der Waals surface area contributed by atoms with Crippen molar-refractivity contribution >= 4 is 17.1 Å². The molecule has 0 atom stereocenters. The second kappa shape index (κ2) is 5.41. The highest BCUT2D eigenvalue weighted by atomic mass is 16.6. The summed E-state index contributed by atoms with van der Waals surface area (Å²) in [6.45, 7) is 3.67. The van der Waals surface area contributed by atoms with Gasteiger partial charge in [0.2, 0.25) is 0 Å². The van der Waals surface area contributed by atoms with E-state index in [1.807, 2.05) is 6.92 Å². The Hall–Kier alpha value is -2.22. The van der Waals surface area contributed by atoms with E-state index in [0.29, 0.717) is 5.69 Å². The van der Waals surface area contributed by atoms with E-state index < -0.39 is 9.85 Å². The van der Waals surface area contributed by atoms with Crippen molar-refractivity contribution in [2.75, 3.05) is 18.4 Å². The first-order valence-corrected chi connectivity index (χ1v) is 6.33. The smallest absolute Gasteiger partial charge is 0.299 e. The third kappa shape index (κ3) is 3.02. The first kappa shape index (κ1) is 14.2. The molecule has 0 unspecified atom stereocenters. The van der Waals surface area contributed by atoms with E-state index in [2.05, 4.69) is 10.6 Å². The minimum atomic E-state index is -0.636. The van der Waals surface area contributed by atoms with E-state index >= 15 is 0 Å². The number of nitrogens with one attached hydrogen (secondary N) is 2. The normalized spacial score (nSPS) is 17.4. The molecule has 0 saturated carbocycles. The summed E-state index contributed by atoms with van der Waals surface area (Å²) in [7, 11) is 0. The van der Waals surface area contributed by atoms with Crippen LogP contribution in [0.2, 0.25) is 0 Å². The Morgan fingerprint density at radius 3 is 2.40 bits per heavy atom. The van der Waals surface area contributed by atoms with Crippen LogP contribution >= 0.6 is 0 Å². The van der Waals surface area contributed by atoms with Crippen LogP contribution in [0.4, 0.5) is 17.1 Å². The molecule has 1 aliphatic heterocycles. The van der Waals surface area contributed by atoms with Gasteiger partial charge in [-0.25, -0.2) is 0 Å². The SMILES string of the molecule is CC1(Nc2ccc([N+](=O)[O-])cc2[N+](=O)[O-])CCNCC1. The molecule has 8 nitrogen and oxygen atoms in total. The van der Waals surface area contributed by atoms with Gasteiger partial charge in [0.05, 0.1) is 15.9 Å². The molecule has 0 bridgehead atoms. The van der Waals surface area contributed by atoms with Gasteiger partial charge in [0, 0.05) is 11.6 Å². The second-order valence-corrected chi connectivity index (χ2v) is 5.15. The molecule has 1 fully saturated rings. The van der Waals surface area contributed by atoms with Crippen molar-refractivity contribution < 1.29 is 9.85 Å². The molecule has 0 radical (unpaired) electrons. The van der Waals surface area contributed by atoms with Crippen LogP contribution in [0.5, 0.6) is 0 Å². The fourth-order valence-corrected chi connectivity index (χ4v) is 2.32. The van der Waals surface area contributed by atoms with Crippen LogP contribution in [0, 0.1) is 20.2 Å². The molecule has 1 aliphatic rings. The monoisotopic (exact) mass is 280 g/mol. The van der Waals surface area contributed by atoms with E-state index in [9.17, 15) is 20.2 Å². The fourth-order valence-electron chi connectivity index (χ4n) is 2.32. The van der Waals surface area contributed by atoms with Crippen molar-refractivity contribution in [2.24, 2.45) is 0 Å². The Labute approximate surface area is 115 Å². The summed E-state index contributed by atoms with van der Waals surface area (Å²) >= 11 is 0. The van der Waals surface area contributed by atoms with Gasteiger partial charge in [-0.3, -0.25) is 20.2 Å². The molecule has 2 N–H and O–H groups in total. The number of hydrogen-bond acceptors (Lipinski definition) is 6. The predicted molar refractivity (Wildman–Crippen MR) is 73.9 cm³/mol. The number of non-ortho nitro benzene ring substituents is 1. The average Bonchev–Trinajstić information content (AvgIpc) is 2.39. The molecule has 20 heavy (non-hydrogen) atoms. The van der Waals surface area contributed by atoms with E-state index in [-0.39, 0.29) is 16.9 Å². The van der Waals surface area contributed by atoms with Gasteiger partial charge >= 0.3 is 0 Å². The quantitative estimate of drug-likeness (QED) is 0.645. The minimum Gasteiger partial charge on any atom is -0.374 e. The number of nitro groups is 2. The number of benzene rings is 1. The number of hydrogen-bond donors (Lipinski definition) is 2. The van der Waals surface area contributed by atoms with Crippen molar-refractivity contribution in [3.8, 4) is 0 Å². The lowest BCUT2D eigenvalue weighted by atomic mass is 9.90. The van der Waals surface area contributed by atoms with Crippen LogP contribution in [0.1, 0.15) is 19.8 Å². The van der Waals surface area contributed by atoms with Gasteiger partial charge in [-0.15, -0.1) is 0 Å². The highest BCUT2D eigenvalue weighted by Gasteiger charge is 2.29. The Morgan fingerprint density at radius 2 is 1.85 bits per heavy atom. The van der Waals surface area contributed by atoms with Gasteiger partial charge in [-0.1, -0.05) is 0 Å². The van der Waals surface area contributed by atoms with Gasteiger partial charge in [0.15, 0.2) is 0 Å². The third-order valence-corrected chi connectivity index (χ3v) is 3.53. The van der Waals surface area contributed by atoms with Gasteiger partial charge < -0.3 is 10.6 Å². The molecule has 1 aromatic carbocycles. The van der Waals surface area contributed by atoms with E-state index in [4.69, 9.17) is 0 Å². The number of rotatable bonds is 4. The summed E-state index contributed by atoms with van der Waals surface area (Å²) < 4.78 is 0. The van der Waals surface area contributed by atoms with Crippen molar-refractivity contribution in [1.29, 1.82) is 0 Å². The number of piperidine rings is 1. The lowest BCUT2D eigenvalue weighted by molar-refractivity contribution is -0.393. The van der Waals surface area contributed by atoms with E-state index in [1.54, 1.807) is 0 Å². The van der Waals surface area contributed by atoms with E-state index in [0.717, 1.165) is 32.0 Å². The molecule has 108 valence electrons. The molecule has 0 spiro atoms. The molecule has 0 amide bonds. The van der Waals surface area contributed by atoms with Crippen molar-refractivity contribution in [1.82, 2.24) is 5.32 Å². The predicted octanol–water partition coefficient (Wildman–Crippen LogP) is 2.06. The summed E-state index contributed by atoms with van der Waals surface area (Å²) in [5.74, 6) is 0. The van der Waals surface area contributed by atoms with Crippen LogP contribution in [0.15, 0.2) is 18.2 Å². The lowest BCUT2D eigenvalue weighted by Gasteiger charge is -2.35. The largest absolute Gasteiger partial charge is 0.374 e. The zero-order chi connectivity index (χ0) is 14.8. The molecule has 1 heterocycles. The van der Waals surface area contributed by atoms with Gasteiger partial charge in [0.25, 0.3) is 11.4 Å². The third-order valence-electron chi connectivity index (χ3n) is 3.53. The molecule has 0 aliphatic carbocycles. The molecular formula is C12H16N4O4. The average molecular weight is 280 g/mol. The van der Waals surface area contributed by atoms with Gasteiger partial charge in [0.1, 0.15) is 5.69 Å². The van der Waals surface area contributed by atoms with Crippen LogP contribution in [-0.2, 0) is 0 Å². The Morgan fingerprint density at radius 1 is 1.20 bits per heavy atom. The molecule has 8 heteroatoms. The number of nitrogens with zero attached hydrogens (tertiary/aromatic N) is 2. The van der Waals surface area contributed by atoms with Crippen molar-refractivity contribution in [2.45, 2.75) is 25.3 Å². The molecular weight excluding hydrogens is 264 g/mol. The van der Waals surface area contributed by atoms with Crippen LogP contribution < -0.4 is 10.6 Å². The maximum Gasteiger partial charge on any atom is 0.299 e. The molecule has 1 saturated heterocycles. The van der Waals surface area contributed by atoms with Gasteiger partial charge in [-0.05, 0) is 38.9 Å². The zero-order valence-corrected chi connectivity index (χ0v) is 11.1. The zero-order valence-electron chi connectivity index (χ0n) is 11.1. The molecule has 2 rings (SSSR count). The molecule has 0 aromatic heterocycles. The summed E-state index contributed by atoms with van der Waals surface area (Å²) in [5, 5.41) is 28.2. The van der Waals surface area contributed by atoms with Crippen LogP contribution in [0.25, 0.3) is 0 Å². The summed E-state index contributed by atoms with van der Waals surface area (Å²) in [6, 6.07) is 3.68. The number of anilines is 1. The Bertz CT molecular complexity index is 540. The summed E-state index contributed by atoms with van der Waals surface area (Å²) in [4.78, 5) is 20.5. The van der Waals surface area contributed by atoms with Crippen LogP contribution in [-0.4, -0.2) is 28.5 Å². The first-order valence-electron chi connectivity index (χ1n) is 6.33. The van der Waals surface area contributed by atoms with Gasteiger partial charge in [-0.2, -0.15) is 0 Å². The lowest BCUT2D eigenvalue weighted by Crippen LogP contribution is -2.45. The highest BCUT2D eigenvalue weighted by molar-refractivity contribution is 5.66. The van der Waals surface area contributed by atoms with E-state index in [1.165, 1.54) is 12.1 Å². The summed E-state index contributed by atoms with van der Waals surface area (Å²) in [6.07, 6.45) is 1.67. The first-order chi connectivity index (χ1) is 9.41. The maximum atomic E-state index is 11.1. The Kier molecular flexibility index (Phi) is 3.84. The molecule has 1 aromatic rings. The van der Waals surface area contributed by atoms with Crippen molar-refractivity contribution in [3.63, 3.8) is 0 Å². The topological polar surface area (TPSA) is 110 Å². The number of nitro benzene ring substituents is 2. The second-order valence-electron chi connectivity index (χ2n) is 5.15. The van der Waals surface area contributed by atoms with Crippen molar-refractivity contribution in [3.05, 3.63) is 38.4 Å². The minimum absolute atomic E-state index is 0.244. The Balaban J connectivity index is 2.31. The fraction of sp³-hybridized carbons (Fsp3) is 0.500. The highest BCUT2D eigenvalue weighted by Crippen LogP contribution is 2.33.